The van der Waals surface area contributed by atoms with Gasteiger partial charge < -0.3 is 5.32 Å². The largest absolute Gasteiger partial charge is 0.316 e. The second-order valence-corrected chi connectivity index (χ2v) is 5.30. The summed E-state index contributed by atoms with van der Waals surface area (Å²) < 4.78 is 0. The van der Waals surface area contributed by atoms with E-state index in [1.165, 1.54) is 17.7 Å². The van der Waals surface area contributed by atoms with Crippen LogP contribution in [0.2, 0.25) is 0 Å². The molecule has 0 aromatic carbocycles. The van der Waals surface area contributed by atoms with Crippen LogP contribution in [0.25, 0.3) is 0 Å². The van der Waals surface area contributed by atoms with Gasteiger partial charge in [0.15, 0.2) is 0 Å². The van der Waals surface area contributed by atoms with Crippen molar-refractivity contribution in [2.45, 2.75) is 24.3 Å². The Labute approximate surface area is 94.1 Å². The van der Waals surface area contributed by atoms with Crippen LogP contribution in [0.5, 0.6) is 0 Å². The van der Waals surface area contributed by atoms with E-state index in [1.54, 1.807) is 0 Å². The van der Waals surface area contributed by atoms with E-state index in [0.717, 1.165) is 42.8 Å². The summed E-state index contributed by atoms with van der Waals surface area (Å²) in [6.07, 6.45) is 4.35. The van der Waals surface area contributed by atoms with Crippen LogP contribution in [-0.4, -0.2) is 23.1 Å². The Morgan fingerprint density at radius 2 is 2.47 bits per heavy atom. The zero-order valence-corrected chi connectivity index (χ0v) is 9.52. The highest BCUT2D eigenvalue weighted by Gasteiger charge is 2.18. The minimum Gasteiger partial charge on any atom is -0.316 e. The topological polar surface area (TPSA) is 37.8 Å². The summed E-state index contributed by atoms with van der Waals surface area (Å²) >= 11 is 1.94. The predicted octanol–water partition coefficient (Wildman–Crippen LogP) is 1.38. The number of fused-ring (bicyclic) bond motifs is 1. The first kappa shape index (κ1) is 9.60. The molecule has 0 saturated carbocycles. The monoisotopic (exact) mass is 221 g/mol. The SMILES string of the molecule is c1nc(CC2CCNC2)nc2c1CSC2. The van der Waals surface area contributed by atoms with Crippen molar-refractivity contribution >= 4 is 11.8 Å². The lowest BCUT2D eigenvalue weighted by Crippen LogP contribution is -2.12. The molecule has 3 nitrogen and oxygen atoms in total. The molecule has 1 aromatic heterocycles. The fourth-order valence-corrected chi connectivity index (χ4v) is 3.24. The van der Waals surface area contributed by atoms with Crippen LogP contribution < -0.4 is 5.32 Å². The molecule has 80 valence electrons. The summed E-state index contributed by atoms with van der Waals surface area (Å²) in [6, 6.07) is 0. The van der Waals surface area contributed by atoms with Crippen molar-refractivity contribution in [3.8, 4) is 0 Å². The van der Waals surface area contributed by atoms with Crippen LogP contribution in [0.4, 0.5) is 0 Å². The Hall–Kier alpha value is -0.610. The number of nitrogens with one attached hydrogen (secondary N) is 1. The Bertz CT molecular complexity index is 361. The minimum absolute atomic E-state index is 0.747. The number of hydrogen-bond acceptors (Lipinski definition) is 4. The minimum atomic E-state index is 0.747. The lowest BCUT2D eigenvalue weighted by molar-refractivity contribution is 0.560. The molecule has 0 bridgehead atoms. The van der Waals surface area contributed by atoms with Gasteiger partial charge in [0.25, 0.3) is 0 Å². The number of nitrogens with zero attached hydrogens (tertiary/aromatic N) is 2. The van der Waals surface area contributed by atoms with Crippen molar-refractivity contribution in [3.05, 3.63) is 23.3 Å². The molecular weight excluding hydrogens is 206 g/mol. The van der Waals surface area contributed by atoms with Crippen LogP contribution in [0.3, 0.4) is 0 Å². The van der Waals surface area contributed by atoms with Gasteiger partial charge in [0.1, 0.15) is 5.82 Å². The van der Waals surface area contributed by atoms with Crippen molar-refractivity contribution in [1.82, 2.24) is 15.3 Å². The summed E-state index contributed by atoms with van der Waals surface area (Å²) in [5, 5.41) is 3.39. The number of aromatic nitrogens is 2. The van der Waals surface area contributed by atoms with Crippen LogP contribution >= 0.6 is 11.8 Å². The third-order valence-corrected chi connectivity index (χ3v) is 4.13. The maximum atomic E-state index is 4.66. The van der Waals surface area contributed by atoms with Crippen LogP contribution in [0.15, 0.2) is 6.20 Å². The smallest absolute Gasteiger partial charge is 0.128 e. The van der Waals surface area contributed by atoms with Crippen LogP contribution in [0, 0.1) is 5.92 Å². The van der Waals surface area contributed by atoms with Gasteiger partial charge in [0.2, 0.25) is 0 Å². The summed E-state index contributed by atoms with van der Waals surface area (Å²) in [5.74, 6) is 3.97. The first-order valence-electron chi connectivity index (χ1n) is 5.54. The maximum absolute atomic E-state index is 4.66. The molecule has 0 amide bonds. The fourth-order valence-electron chi connectivity index (χ4n) is 2.23. The quantitative estimate of drug-likeness (QED) is 0.818. The molecule has 2 aliphatic rings. The second-order valence-electron chi connectivity index (χ2n) is 4.31. The van der Waals surface area contributed by atoms with Crippen LogP contribution in [0.1, 0.15) is 23.5 Å². The summed E-state index contributed by atoms with van der Waals surface area (Å²) in [4.78, 5) is 9.12. The molecule has 1 saturated heterocycles. The second kappa shape index (κ2) is 4.10. The Kier molecular flexibility index (Phi) is 2.63. The van der Waals surface area contributed by atoms with Crippen LogP contribution in [-0.2, 0) is 17.9 Å². The molecule has 4 heteroatoms. The lowest BCUT2D eigenvalue weighted by atomic mass is 10.0. The Morgan fingerprint density at radius 3 is 3.33 bits per heavy atom. The number of rotatable bonds is 2. The molecule has 0 aliphatic carbocycles. The predicted molar refractivity (Wildman–Crippen MR) is 61.7 cm³/mol. The number of thioether (sulfide) groups is 1. The van der Waals surface area contributed by atoms with E-state index in [1.807, 2.05) is 18.0 Å². The fraction of sp³-hybridized carbons (Fsp3) is 0.636. The van der Waals surface area contributed by atoms with E-state index >= 15 is 0 Å². The Balaban J connectivity index is 1.75. The zero-order valence-electron chi connectivity index (χ0n) is 8.70. The standard InChI is InChI=1S/C11H15N3S/c1-2-12-4-8(1)3-11-13-5-9-6-15-7-10(9)14-11/h5,8,12H,1-4,6-7H2. The van der Waals surface area contributed by atoms with Crippen molar-refractivity contribution in [2.24, 2.45) is 5.92 Å². The normalized spacial score (nSPS) is 24.4. The van der Waals surface area contributed by atoms with Gasteiger partial charge in [-0.05, 0) is 25.4 Å². The highest BCUT2D eigenvalue weighted by atomic mass is 32.2. The molecule has 1 unspecified atom stereocenters. The van der Waals surface area contributed by atoms with Crippen molar-refractivity contribution < 1.29 is 0 Å². The highest BCUT2D eigenvalue weighted by molar-refractivity contribution is 7.98. The van der Waals surface area contributed by atoms with Crippen molar-refractivity contribution in [2.75, 3.05) is 13.1 Å². The first-order chi connectivity index (χ1) is 7.42. The zero-order chi connectivity index (χ0) is 10.1. The molecular formula is C11H15N3S. The van der Waals surface area contributed by atoms with E-state index in [-0.39, 0.29) is 0 Å². The van der Waals surface area contributed by atoms with E-state index < -0.39 is 0 Å². The van der Waals surface area contributed by atoms with Gasteiger partial charge in [-0.25, -0.2) is 9.97 Å². The third kappa shape index (κ3) is 2.01. The van der Waals surface area contributed by atoms with Gasteiger partial charge in [-0.3, -0.25) is 0 Å². The van der Waals surface area contributed by atoms with Gasteiger partial charge >= 0.3 is 0 Å². The molecule has 2 aliphatic heterocycles. The summed E-state index contributed by atoms with van der Waals surface area (Å²) in [5.41, 5.74) is 2.62. The van der Waals surface area contributed by atoms with E-state index in [9.17, 15) is 0 Å². The van der Waals surface area contributed by atoms with Gasteiger partial charge in [-0.1, -0.05) is 0 Å². The molecule has 15 heavy (non-hydrogen) atoms. The molecule has 1 atom stereocenters. The molecule has 1 fully saturated rings. The molecule has 1 aromatic rings. The number of hydrogen-bond donors (Lipinski definition) is 1. The van der Waals surface area contributed by atoms with E-state index in [0.29, 0.717) is 0 Å². The molecule has 1 N–H and O–H groups in total. The van der Waals surface area contributed by atoms with Gasteiger partial charge in [-0.2, -0.15) is 11.8 Å². The summed E-state index contributed by atoms with van der Waals surface area (Å²) in [6.45, 7) is 2.29. The summed E-state index contributed by atoms with van der Waals surface area (Å²) in [7, 11) is 0. The van der Waals surface area contributed by atoms with E-state index in [4.69, 9.17) is 0 Å². The first-order valence-corrected chi connectivity index (χ1v) is 6.69. The molecule has 0 radical (unpaired) electrons. The Morgan fingerprint density at radius 1 is 1.47 bits per heavy atom. The van der Waals surface area contributed by atoms with Gasteiger partial charge in [0.05, 0.1) is 5.69 Å². The van der Waals surface area contributed by atoms with Crippen molar-refractivity contribution in [1.29, 1.82) is 0 Å². The third-order valence-electron chi connectivity index (χ3n) is 3.13. The molecule has 3 heterocycles. The lowest BCUT2D eigenvalue weighted by Gasteiger charge is -2.07. The van der Waals surface area contributed by atoms with E-state index in [2.05, 4.69) is 15.3 Å². The van der Waals surface area contributed by atoms with Gasteiger partial charge in [-0.15, -0.1) is 0 Å². The average molecular weight is 221 g/mol. The highest BCUT2D eigenvalue weighted by Crippen LogP contribution is 2.27. The van der Waals surface area contributed by atoms with Crippen molar-refractivity contribution in [3.63, 3.8) is 0 Å². The average Bonchev–Trinajstić information content (AvgIpc) is 2.87. The molecule has 0 spiro atoms. The molecule has 3 rings (SSSR count). The van der Waals surface area contributed by atoms with Gasteiger partial charge in [0, 0.05) is 29.7 Å². The maximum Gasteiger partial charge on any atom is 0.128 e.